The molecule has 1 heterocycles. The SMILES string of the molecule is C=C(C)COCCNCc1nn(CC)c2ccccc12. The topological polar surface area (TPSA) is 39.1 Å². The maximum Gasteiger partial charge on any atom is 0.0841 e. The van der Waals surface area contributed by atoms with Crippen molar-refractivity contribution in [3.8, 4) is 0 Å². The summed E-state index contributed by atoms with van der Waals surface area (Å²) in [5, 5.41) is 9.25. The molecule has 1 aromatic carbocycles. The highest BCUT2D eigenvalue weighted by atomic mass is 16.5. The molecular formula is C16H23N3O. The van der Waals surface area contributed by atoms with Crippen LogP contribution in [0.4, 0.5) is 0 Å². The number of para-hydroxylation sites is 1. The van der Waals surface area contributed by atoms with Crippen LogP contribution in [0.3, 0.4) is 0 Å². The lowest BCUT2D eigenvalue weighted by Crippen LogP contribution is -2.20. The van der Waals surface area contributed by atoms with Crippen LogP contribution >= 0.6 is 0 Å². The molecule has 0 radical (unpaired) electrons. The fourth-order valence-electron chi connectivity index (χ4n) is 2.17. The Morgan fingerprint density at radius 1 is 1.40 bits per heavy atom. The summed E-state index contributed by atoms with van der Waals surface area (Å²) < 4.78 is 7.50. The van der Waals surface area contributed by atoms with E-state index in [0.717, 1.165) is 30.9 Å². The van der Waals surface area contributed by atoms with Crippen LogP contribution in [0, 0.1) is 0 Å². The number of fused-ring (bicyclic) bond motifs is 1. The fourth-order valence-corrected chi connectivity index (χ4v) is 2.17. The summed E-state index contributed by atoms with van der Waals surface area (Å²) in [6, 6.07) is 8.36. The highest BCUT2D eigenvalue weighted by Gasteiger charge is 2.07. The quantitative estimate of drug-likeness (QED) is 0.594. The fraction of sp³-hybridized carbons (Fsp3) is 0.438. The second-order valence-electron chi connectivity index (χ2n) is 4.97. The minimum absolute atomic E-state index is 0.634. The number of benzene rings is 1. The van der Waals surface area contributed by atoms with Crippen molar-refractivity contribution in [2.75, 3.05) is 19.8 Å². The highest BCUT2D eigenvalue weighted by Crippen LogP contribution is 2.17. The Kier molecular flexibility index (Phi) is 5.32. The van der Waals surface area contributed by atoms with Crippen molar-refractivity contribution in [3.63, 3.8) is 0 Å². The number of aryl methyl sites for hydroxylation is 1. The molecule has 4 heteroatoms. The smallest absolute Gasteiger partial charge is 0.0841 e. The van der Waals surface area contributed by atoms with Gasteiger partial charge in [-0.05, 0) is 19.9 Å². The summed E-state index contributed by atoms with van der Waals surface area (Å²) in [6.07, 6.45) is 0. The Hall–Kier alpha value is -1.65. The van der Waals surface area contributed by atoms with E-state index in [1.54, 1.807) is 0 Å². The average Bonchev–Trinajstić information content (AvgIpc) is 2.81. The van der Waals surface area contributed by atoms with Gasteiger partial charge in [-0.1, -0.05) is 30.4 Å². The molecule has 2 rings (SSSR count). The zero-order valence-corrected chi connectivity index (χ0v) is 12.4. The standard InChI is InChI=1S/C16H23N3O/c1-4-19-16-8-6-5-7-14(16)15(18-19)11-17-9-10-20-12-13(2)3/h5-8,17H,2,4,9-12H2,1,3H3. The molecule has 0 aliphatic carbocycles. The van der Waals surface area contributed by atoms with E-state index in [-0.39, 0.29) is 0 Å². The summed E-state index contributed by atoms with van der Waals surface area (Å²) in [4.78, 5) is 0. The number of hydrogen-bond donors (Lipinski definition) is 1. The molecule has 0 saturated carbocycles. The first-order valence-electron chi connectivity index (χ1n) is 7.09. The number of aromatic nitrogens is 2. The molecule has 108 valence electrons. The Morgan fingerprint density at radius 2 is 2.20 bits per heavy atom. The first-order chi connectivity index (χ1) is 9.72. The van der Waals surface area contributed by atoms with Crippen molar-refractivity contribution in [3.05, 3.63) is 42.1 Å². The third-order valence-corrected chi connectivity index (χ3v) is 3.10. The van der Waals surface area contributed by atoms with Gasteiger partial charge in [0, 0.05) is 25.0 Å². The first-order valence-corrected chi connectivity index (χ1v) is 7.09. The molecule has 0 saturated heterocycles. The Balaban J connectivity index is 1.88. The van der Waals surface area contributed by atoms with Crippen molar-refractivity contribution in [1.82, 2.24) is 15.1 Å². The van der Waals surface area contributed by atoms with Gasteiger partial charge in [0.1, 0.15) is 0 Å². The van der Waals surface area contributed by atoms with Crippen LogP contribution in [0.5, 0.6) is 0 Å². The summed E-state index contributed by atoms with van der Waals surface area (Å²) in [7, 11) is 0. The number of rotatable bonds is 8. The lowest BCUT2D eigenvalue weighted by atomic mass is 10.2. The van der Waals surface area contributed by atoms with E-state index in [1.807, 2.05) is 11.6 Å². The minimum Gasteiger partial charge on any atom is -0.376 e. The van der Waals surface area contributed by atoms with Gasteiger partial charge in [-0.25, -0.2) is 0 Å². The van der Waals surface area contributed by atoms with Crippen LogP contribution in [-0.4, -0.2) is 29.5 Å². The summed E-state index contributed by atoms with van der Waals surface area (Å²) in [5.41, 5.74) is 3.35. The molecule has 1 N–H and O–H groups in total. The van der Waals surface area contributed by atoms with Crippen LogP contribution in [0.15, 0.2) is 36.4 Å². The van der Waals surface area contributed by atoms with Crippen LogP contribution in [-0.2, 0) is 17.8 Å². The number of nitrogens with one attached hydrogen (secondary N) is 1. The zero-order valence-electron chi connectivity index (χ0n) is 12.4. The summed E-state index contributed by atoms with van der Waals surface area (Å²) >= 11 is 0. The molecular weight excluding hydrogens is 250 g/mol. The van der Waals surface area contributed by atoms with Gasteiger partial charge in [0.15, 0.2) is 0 Å². The van der Waals surface area contributed by atoms with E-state index in [0.29, 0.717) is 13.2 Å². The molecule has 20 heavy (non-hydrogen) atoms. The van der Waals surface area contributed by atoms with Gasteiger partial charge in [0.25, 0.3) is 0 Å². The third-order valence-electron chi connectivity index (χ3n) is 3.10. The first kappa shape index (κ1) is 14.8. The van der Waals surface area contributed by atoms with Crippen LogP contribution in [0.25, 0.3) is 10.9 Å². The maximum absolute atomic E-state index is 5.46. The van der Waals surface area contributed by atoms with Gasteiger partial charge in [-0.2, -0.15) is 5.10 Å². The normalized spacial score (nSPS) is 11.1. The van der Waals surface area contributed by atoms with E-state index in [1.165, 1.54) is 10.9 Å². The number of nitrogens with zero attached hydrogens (tertiary/aromatic N) is 2. The van der Waals surface area contributed by atoms with Gasteiger partial charge in [0.2, 0.25) is 0 Å². The summed E-state index contributed by atoms with van der Waals surface area (Å²) in [5.74, 6) is 0. The van der Waals surface area contributed by atoms with Crippen molar-refractivity contribution >= 4 is 10.9 Å². The van der Waals surface area contributed by atoms with Crippen molar-refractivity contribution in [1.29, 1.82) is 0 Å². The van der Waals surface area contributed by atoms with E-state index in [9.17, 15) is 0 Å². The molecule has 2 aromatic rings. The predicted octanol–water partition coefficient (Wildman–Crippen LogP) is 2.74. The van der Waals surface area contributed by atoms with E-state index < -0.39 is 0 Å². The minimum atomic E-state index is 0.634. The Labute approximate surface area is 120 Å². The van der Waals surface area contributed by atoms with Crippen LogP contribution in [0.1, 0.15) is 19.5 Å². The lowest BCUT2D eigenvalue weighted by Gasteiger charge is -2.05. The Morgan fingerprint density at radius 3 is 2.95 bits per heavy atom. The van der Waals surface area contributed by atoms with Crippen molar-refractivity contribution in [2.24, 2.45) is 0 Å². The van der Waals surface area contributed by atoms with Gasteiger partial charge in [-0.3, -0.25) is 4.68 Å². The molecule has 0 fully saturated rings. The van der Waals surface area contributed by atoms with E-state index in [2.05, 4.69) is 48.2 Å². The second kappa shape index (κ2) is 7.22. The van der Waals surface area contributed by atoms with E-state index >= 15 is 0 Å². The largest absolute Gasteiger partial charge is 0.376 e. The van der Waals surface area contributed by atoms with Crippen molar-refractivity contribution in [2.45, 2.75) is 26.9 Å². The van der Waals surface area contributed by atoms with Gasteiger partial charge >= 0.3 is 0 Å². The molecule has 1 aromatic heterocycles. The number of hydrogen-bond acceptors (Lipinski definition) is 3. The van der Waals surface area contributed by atoms with Gasteiger partial charge in [0.05, 0.1) is 24.4 Å². The predicted molar refractivity (Wildman–Crippen MR) is 82.7 cm³/mol. The van der Waals surface area contributed by atoms with Gasteiger partial charge < -0.3 is 10.1 Å². The molecule has 0 aliphatic heterocycles. The molecule has 0 amide bonds. The van der Waals surface area contributed by atoms with Crippen LogP contribution in [0.2, 0.25) is 0 Å². The number of ether oxygens (including phenoxy) is 1. The zero-order chi connectivity index (χ0) is 14.4. The molecule has 0 atom stereocenters. The second-order valence-corrected chi connectivity index (χ2v) is 4.97. The lowest BCUT2D eigenvalue weighted by molar-refractivity contribution is 0.157. The maximum atomic E-state index is 5.46. The highest BCUT2D eigenvalue weighted by molar-refractivity contribution is 5.81. The third kappa shape index (κ3) is 3.68. The molecule has 0 aliphatic rings. The summed E-state index contributed by atoms with van der Waals surface area (Å²) in [6.45, 7) is 11.7. The molecule has 0 unspecified atom stereocenters. The Bertz CT molecular complexity index is 574. The molecule has 0 bridgehead atoms. The van der Waals surface area contributed by atoms with E-state index in [4.69, 9.17) is 4.74 Å². The van der Waals surface area contributed by atoms with Crippen LogP contribution < -0.4 is 5.32 Å². The molecule has 4 nitrogen and oxygen atoms in total. The molecule has 0 spiro atoms. The monoisotopic (exact) mass is 273 g/mol. The van der Waals surface area contributed by atoms with Gasteiger partial charge in [-0.15, -0.1) is 0 Å². The van der Waals surface area contributed by atoms with Crippen molar-refractivity contribution < 1.29 is 4.74 Å². The average molecular weight is 273 g/mol.